The van der Waals surface area contributed by atoms with Gasteiger partial charge in [0.25, 0.3) is 0 Å². The Morgan fingerprint density at radius 1 is 1.38 bits per heavy atom. The highest BCUT2D eigenvalue weighted by Crippen LogP contribution is 2.30. The fraction of sp³-hybridized carbons (Fsp3) is 0.615. The van der Waals surface area contributed by atoms with Crippen LogP contribution in [-0.4, -0.2) is 15.8 Å². The van der Waals surface area contributed by atoms with E-state index in [9.17, 15) is 4.79 Å². The molecular formula is C13H18N2O. The second-order valence-electron chi connectivity index (χ2n) is 4.58. The molecule has 0 bridgehead atoms. The zero-order valence-electron chi connectivity index (χ0n) is 9.72. The van der Waals surface area contributed by atoms with Crippen LogP contribution in [0, 0.1) is 11.8 Å². The Morgan fingerprint density at radius 3 is 2.81 bits per heavy atom. The van der Waals surface area contributed by atoms with Gasteiger partial charge in [-0.2, -0.15) is 0 Å². The van der Waals surface area contributed by atoms with Gasteiger partial charge in [0, 0.05) is 31.2 Å². The van der Waals surface area contributed by atoms with Crippen molar-refractivity contribution in [2.45, 2.75) is 39.0 Å². The fourth-order valence-electron chi connectivity index (χ4n) is 2.43. The predicted octanol–water partition coefficient (Wildman–Crippen LogP) is 2.41. The first kappa shape index (κ1) is 11.2. The van der Waals surface area contributed by atoms with Crippen LogP contribution in [0.1, 0.15) is 38.4 Å². The lowest BCUT2D eigenvalue weighted by atomic mass is 9.78. The lowest BCUT2D eigenvalue weighted by Gasteiger charge is -2.26. The van der Waals surface area contributed by atoms with Crippen molar-refractivity contribution in [3.63, 3.8) is 0 Å². The van der Waals surface area contributed by atoms with Gasteiger partial charge in [0.05, 0.1) is 0 Å². The van der Waals surface area contributed by atoms with Gasteiger partial charge in [-0.25, -0.2) is 9.97 Å². The van der Waals surface area contributed by atoms with Crippen molar-refractivity contribution in [1.29, 1.82) is 0 Å². The van der Waals surface area contributed by atoms with Crippen molar-refractivity contribution in [3.8, 4) is 0 Å². The maximum absolute atomic E-state index is 11.8. The third-order valence-electron chi connectivity index (χ3n) is 3.50. The van der Waals surface area contributed by atoms with Gasteiger partial charge in [0.15, 0.2) is 0 Å². The summed E-state index contributed by atoms with van der Waals surface area (Å²) < 4.78 is 0. The third-order valence-corrected chi connectivity index (χ3v) is 3.50. The van der Waals surface area contributed by atoms with Gasteiger partial charge in [0.2, 0.25) is 0 Å². The highest BCUT2D eigenvalue weighted by Gasteiger charge is 2.28. The summed E-state index contributed by atoms with van der Waals surface area (Å²) in [6, 6.07) is 1.81. The van der Waals surface area contributed by atoms with E-state index in [2.05, 4.69) is 16.9 Å². The van der Waals surface area contributed by atoms with E-state index < -0.39 is 0 Å². The minimum Gasteiger partial charge on any atom is -0.299 e. The van der Waals surface area contributed by atoms with Crippen LogP contribution in [0.3, 0.4) is 0 Å². The maximum atomic E-state index is 11.8. The molecule has 86 valence electrons. The number of rotatable bonds is 3. The number of carbonyl (C=O) groups excluding carboxylic acids is 1. The molecule has 16 heavy (non-hydrogen) atoms. The first-order chi connectivity index (χ1) is 7.79. The summed E-state index contributed by atoms with van der Waals surface area (Å²) >= 11 is 0. The van der Waals surface area contributed by atoms with Crippen LogP contribution >= 0.6 is 0 Å². The number of aromatic nitrogens is 2. The summed E-state index contributed by atoms with van der Waals surface area (Å²) in [7, 11) is 0. The Morgan fingerprint density at radius 2 is 2.12 bits per heavy atom. The minimum atomic E-state index is 0.154. The standard InChI is InChI=1S/C13H18N2O/c1-2-10-4-5-12(16)11(8-10)9-13-14-6-3-7-15-13/h3,6-7,10-11H,2,4-5,8-9H2,1H3. The summed E-state index contributed by atoms with van der Waals surface area (Å²) in [5.41, 5.74) is 0. The van der Waals surface area contributed by atoms with E-state index in [1.54, 1.807) is 18.5 Å². The number of ketones is 1. The maximum Gasteiger partial charge on any atom is 0.136 e. The van der Waals surface area contributed by atoms with Crippen molar-refractivity contribution in [2.75, 3.05) is 0 Å². The van der Waals surface area contributed by atoms with Gasteiger partial charge in [0.1, 0.15) is 11.6 Å². The lowest BCUT2D eigenvalue weighted by Crippen LogP contribution is -2.26. The molecule has 2 rings (SSSR count). The first-order valence-electron chi connectivity index (χ1n) is 6.08. The van der Waals surface area contributed by atoms with Crippen LogP contribution in [0.5, 0.6) is 0 Å². The number of hydrogen-bond acceptors (Lipinski definition) is 3. The topological polar surface area (TPSA) is 42.9 Å². The molecule has 3 heteroatoms. The van der Waals surface area contributed by atoms with Gasteiger partial charge in [-0.3, -0.25) is 4.79 Å². The number of nitrogens with zero attached hydrogens (tertiary/aromatic N) is 2. The molecule has 2 atom stereocenters. The number of Topliss-reactive ketones (excluding diaryl/α,β-unsaturated/α-hetero) is 1. The second-order valence-corrected chi connectivity index (χ2v) is 4.58. The molecule has 1 aliphatic carbocycles. The Bertz CT molecular complexity index is 350. The zero-order valence-corrected chi connectivity index (χ0v) is 9.72. The van der Waals surface area contributed by atoms with Crippen LogP contribution in [-0.2, 0) is 11.2 Å². The van der Waals surface area contributed by atoms with Crippen LogP contribution in [0.25, 0.3) is 0 Å². The lowest BCUT2D eigenvalue weighted by molar-refractivity contribution is -0.125. The largest absolute Gasteiger partial charge is 0.299 e. The minimum absolute atomic E-state index is 0.154. The Kier molecular flexibility index (Phi) is 3.65. The molecule has 1 fully saturated rings. The molecule has 0 N–H and O–H groups in total. The number of hydrogen-bond donors (Lipinski definition) is 0. The molecule has 2 unspecified atom stereocenters. The Balaban J connectivity index is 2.00. The van der Waals surface area contributed by atoms with Crippen molar-refractivity contribution < 1.29 is 4.79 Å². The normalized spacial score (nSPS) is 25.7. The predicted molar refractivity (Wildman–Crippen MR) is 61.9 cm³/mol. The highest BCUT2D eigenvalue weighted by molar-refractivity contribution is 5.81. The van der Waals surface area contributed by atoms with Crippen LogP contribution in [0.15, 0.2) is 18.5 Å². The summed E-state index contributed by atoms with van der Waals surface area (Å²) in [4.78, 5) is 20.2. The van der Waals surface area contributed by atoms with Gasteiger partial charge in [-0.05, 0) is 24.8 Å². The van der Waals surface area contributed by atoms with Gasteiger partial charge in [-0.15, -0.1) is 0 Å². The van der Waals surface area contributed by atoms with Crippen LogP contribution in [0.4, 0.5) is 0 Å². The monoisotopic (exact) mass is 218 g/mol. The quantitative estimate of drug-likeness (QED) is 0.782. The van der Waals surface area contributed by atoms with Crippen molar-refractivity contribution >= 4 is 5.78 Å². The van der Waals surface area contributed by atoms with Crippen molar-refractivity contribution in [2.24, 2.45) is 11.8 Å². The molecule has 0 spiro atoms. The molecule has 1 aromatic heterocycles. The summed E-state index contributed by atoms with van der Waals surface area (Å²) in [6.07, 6.45) is 8.22. The summed E-state index contributed by atoms with van der Waals surface area (Å²) in [5, 5.41) is 0. The van der Waals surface area contributed by atoms with Gasteiger partial charge >= 0.3 is 0 Å². The van der Waals surface area contributed by atoms with E-state index in [0.29, 0.717) is 11.7 Å². The summed E-state index contributed by atoms with van der Waals surface area (Å²) in [5.74, 6) is 2.07. The smallest absolute Gasteiger partial charge is 0.136 e. The Hall–Kier alpha value is -1.25. The molecule has 1 heterocycles. The zero-order chi connectivity index (χ0) is 11.4. The first-order valence-corrected chi connectivity index (χ1v) is 6.08. The summed E-state index contributed by atoms with van der Waals surface area (Å²) in [6.45, 7) is 2.20. The van der Waals surface area contributed by atoms with Crippen LogP contribution in [0.2, 0.25) is 0 Å². The van der Waals surface area contributed by atoms with E-state index in [0.717, 1.165) is 31.5 Å². The van der Waals surface area contributed by atoms with Crippen LogP contribution < -0.4 is 0 Å². The Labute approximate surface area is 96.3 Å². The third kappa shape index (κ3) is 2.65. The molecule has 1 saturated carbocycles. The molecule has 0 aliphatic heterocycles. The molecule has 1 aromatic rings. The molecule has 0 aromatic carbocycles. The van der Waals surface area contributed by atoms with Crippen molar-refractivity contribution in [3.05, 3.63) is 24.3 Å². The van der Waals surface area contributed by atoms with E-state index in [4.69, 9.17) is 0 Å². The second kappa shape index (κ2) is 5.19. The SMILES string of the molecule is CCC1CCC(=O)C(Cc2ncccn2)C1. The fourth-order valence-corrected chi connectivity index (χ4v) is 2.43. The molecular weight excluding hydrogens is 200 g/mol. The van der Waals surface area contributed by atoms with E-state index in [1.165, 1.54) is 6.42 Å². The average molecular weight is 218 g/mol. The number of carbonyl (C=O) groups is 1. The molecule has 0 amide bonds. The van der Waals surface area contributed by atoms with Crippen molar-refractivity contribution in [1.82, 2.24) is 9.97 Å². The van der Waals surface area contributed by atoms with Gasteiger partial charge < -0.3 is 0 Å². The highest BCUT2D eigenvalue weighted by atomic mass is 16.1. The van der Waals surface area contributed by atoms with E-state index in [1.807, 2.05) is 0 Å². The molecule has 1 aliphatic rings. The van der Waals surface area contributed by atoms with E-state index in [-0.39, 0.29) is 5.92 Å². The molecule has 0 saturated heterocycles. The van der Waals surface area contributed by atoms with E-state index >= 15 is 0 Å². The molecule has 3 nitrogen and oxygen atoms in total. The van der Waals surface area contributed by atoms with Gasteiger partial charge in [-0.1, -0.05) is 13.3 Å². The molecule has 0 radical (unpaired) electrons. The average Bonchev–Trinajstić information content (AvgIpc) is 2.33.